The number of hydrogen-bond acceptors (Lipinski definition) is 3. The van der Waals surface area contributed by atoms with E-state index in [9.17, 15) is 4.79 Å². The first-order chi connectivity index (χ1) is 4.16. The Hall–Kier alpha value is -0.0800. The molecule has 2 N–H and O–H groups in total. The first-order valence-electron chi connectivity index (χ1n) is 2.43. The second-order valence-electron chi connectivity index (χ2n) is 1.61. The van der Waals surface area contributed by atoms with Gasteiger partial charge in [-0.25, -0.2) is 0 Å². The van der Waals surface area contributed by atoms with Crippen LogP contribution in [0.2, 0.25) is 0 Å². The number of aliphatic hydroxyl groups excluding tert-OH is 1. The summed E-state index contributed by atoms with van der Waals surface area (Å²) in [5.74, 6) is -1.09. The van der Waals surface area contributed by atoms with Crippen LogP contribution in [0.1, 0.15) is 12.8 Å². The van der Waals surface area contributed by atoms with Crippen molar-refractivity contribution in [3.8, 4) is 6.07 Å². The van der Waals surface area contributed by atoms with E-state index in [2.05, 4.69) is 0 Å². The summed E-state index contributed by atoms with van der Waals surface area (Å²) in [6, 6.07) is 1.66. The molecule has 0 bridgehead atoms. The zero-order chi connectivity index (χ0) is 7.28. The SMILES string of the molecule is N#CC[C@@H](O)CC(=O)O.[Na]. The van der Waals surface area contributed by atoms with Gasteiger partial charge >= 0.3 is 5.97 Å². The summed E-state index contributed by atoms with van der Waals surface area (Å²) in [6.07, 6.45) is -1.49. The fourth-order valence-corrected chi connectivity index (χ4v) is 0.379. The molecule has 1 radical (unpaired) electrons. The molecule has 0 saturated carbocycles. The number of carboxylic acids is 1. The van der Waals surface area contributed by atoms with Crippen LogP contribution < -0.4 is 0 Å². The van der Waals surface area contributed by atoms with Gasteiger partial charge in [-0.15, -0.1) is 0 Å². The van der Waals surface area contributed by atoms with Crippen molar-refractivity contribution in [1.82, 2.24) is 0 Å². The Balaban J connectivity index is 0. The molecule has 0 fully saturated rings. The summed E-state index contributed by atoms with van der Waals surface area (Å²) in [6.45, 7) is 0. The van der Waals surface area contributed by atoms with E-state index in [4.69, 9.17) is 15.5 Å². The molecule has 0 aromatic rings. The predicted octanol–water partition coefficient (Wildman–Crippen LogP) is -0.645. The molecule has 10 heavy (non-hydrogen) atoms. The summed E-state index contributed by atoms with van der Waals surface area (Å²) < 4.78 is 0. The number of aliphatic carboxylic acids is 1. The van der Waals surface area contributed by atoms with Gasteiger partial charge in [0, 0.05) is 29.6 Å². The molecule has 1 atom stereocenters. The van der Waals surface area contributed by atoms with Crippen LogP contribution in [0.3, 0.4) is 0 Å². The average molecular weight is 152 g/mol. The number of carbonyl (C=O) groups is 1. The van der Waals surface area contributed by atoms with Crippen molar-refractivity contribution in [1.29, 1.82) is 5.26 Å². The molecular weight excluding hydrogens is 145 g/mol. The van der Waals surface area contributed by atoms with Crippen LogP contribution in [0.25, 0.3) is 0 Å². The molecule has 4 nitrogen and oxygen atoms in total. The van der Waals surface area contributed by atoms with Crippen LogP contribution in [0, 0.1) is 11.3 Å². The summed E-state index contributed by atoms with van der Waals surface area (Å²) in [7, 11) is 0. The van der Waals surface area contributed by atoms with E-state index >= 15 is 0 Å². The van der Waals surface area contributed by atoms with E-state index in [1.807, 2.05) is 0 Å². The van der Waals surface area contributed by atoms with Gasteiger partial charge in [0.15, 0.2) is 0 Å². The maximum atomic E-state index is 9.82. The molecule has 5 heteroatoms. The molecule has 0 heterocycles. The quantitative estimate of drug-likeness (QED) is 0.527. The molecule has 51 valence electrons. The van der Waals surface area contributed by atoms with Crippen LogP contribution in [-0.2, 0) is 4.79 Å². The van der Waals surface area contributed by atoms with Gasteiger partial charge in [-0.05, 0) is 0 Å². The number of nitrogens with zero attached hydrogens (tertiary/aromatic N) is 1. The molecule has 0 aliphatic rings. The Labute approximate surface area is 80.8 Å². The third-order valence-corrected chi connectivity index (χ3v) is 0.737. The third kappa shape index (κ3) is 7.92. The van der Waals surface area contributed by atoms with E-state index < -0.39 is 12.1 Å². The zero-order valence-corrected chi connectivity index (χ0v) is 7.74. The molecule has 0 saturated heterocycles. The van der Waals surface area contributed by atoms with E-state index in [1.54, 1.807) is 6.07 Å². The van der Waals surface area contributed by atoms with Crippen molar-refractivity contribution < 1.29 is 15.0 Å². The van der Waals surface area contributed by atoms with Crippen molar-refractivity contribution in [2.24, 2.45) is 0 Å². The zero-order valence-electron chi connectivity index (χ0n) is 5.74. The van der Waals surface area contributed by atoms with Crippen molar-refractivity contribution in [3.63, 3.8) is 0 Å². The second-order valence-corrected chi connectivity index (χ2v) is 1.61. The summed E-state index contributed by atoms with van der Waals surface area (Å²) in [5, 5.41) is 24.6. The van der Waals surface area contributed by atoms with E-state index in [0.717, 1.165) is 0 Å². The minimum Gasteiger partial charge on any atom is -0.481 e. The van der Waals surface area contributed by atoms with Crippen molar-refractivity contribution in [2.75, 3.05) is 0 Å². The molecule has 0 aliphatic heterocycles. The number of aliphatic hydroxyl groups is 1. The molecule has 0 amide bonds. The van der Waals surface area contributed by atoms with E-state index in [1.165, 1.54) is 0 Å². The predicted molar refractivity (Wildman–Crippen MR) is 34.2 cm³/mol. The summed E-state index contributed by atoms with van der Waals surface area (Å²) in [5.41, 5.74) is 0. The van der Waals surface area contributed by atoms with Crippen molar-refractivity contribution in [3.05, 3.63) is 0 Å². The Morgan fingerprint density at radius 2 is 2.20 bits per heavy atom. The molecule has 0 aliphatic carbocycles. The fraction of sp³-hybridized carbons (Fsp3) is 0.600. The molecular formula is C5H7NNaO3. The monoisotopic (exact) mass is 152 g/mol. The Morgan fingerprint density at radius 3 is 2.50 bits per heavy atom. The average Bonchev–Trinajstić information content (AvgIpc) is 1.63. The minimum absolute atomic E-state index is 0. The summed E-state index contributed by atoms with van der Waals surface area (Å²) >= 11 is 0. The molecule has 0 rings (SSSR count). The first kappa shape index (κ1) is 12.6. The Morgan fingerprint density at radius 1 is 1.70 bits per heavy atom. The van der Waals surface area contributed by atoms with Crippen molar-refractivity contribution >= 4 is 35.5 Å². The molecule has 0 aromatic carbocycles. The van der Waals surface area contributed by atoms with Gasteiger partial charge in [0.1, 0.15) is 0 Å². The Bertz CT molecular complexity index is 142. The van der Waals surface area contributed by atoms with Gasteiger partial charge in [0.05, 0.1) is 25.0 Å². The van der Waals surface area contributed by atoms with Gasteiger partial charge in [-0.3, -0.25) is 4.79 Å². The van der Waals surface area contributed by atoms with Crippen molar-refractivity contribution in [2.45, 2.75) is 18.9 Å². The van der Waals surface area contributed by atoms with Crippen LogP contribution in [0.5, 0.6) is 0 Å². The molecule has 0 aromatic heterocycles. The Kier molecular flexibility index (Phi) is 8.85. The largest absolute Gasteiger partial charge is 0.481 e. The topological polar surface area (TPSA) is 81.3 Å². The first-order valence-corrected chi connectivity index (χ1v) is 2.43. The minimum atomic E-state index is -1.09. The van der Waals surface area contributed by atoms with Crippen LogP contribution >= 0.6 is 0 Å². The number of hydrogen-bond donors (Lipinski definition) is 2. The second kappa shape index (κ2) is 7.03. The maximum Gasteiger partial charge on any atom is 0.306 e. The number of rotatable bonds is 3. The van der Waals surface area contributed by atoms with Gasteiger partial charge in [-0.2, -0.15) is 5.26 Å². The number of carboxylic acid groups (broad SMARTS) is 1. The maximum absolute atomic E-state index is 9.82. The molecule has 0 unspecified atom stereocenters. The van der Waals surface area contributed by atoms with Gasteiger partial charge in [0.2, 0.25) is 0 Å². The van der Waals surface area contributed by atoms with Crippen LogP contribution in [0.4, 0.5) is 0 Å². The van der Waals surface area contributed by atoms with Crippen LogP contribution in [0.15, 0.2) is 0 Å². The summed E-state index contributed by atoms with van der Waals surface area (Å²) in [4.78, 5) is 9.82. The van der Waals surface area contributed by atoms with E-state index in [-0.39, 0.29) is 42.4 Å². The fourth-order valence-electron chi connectivity index (χ4n) is 0.379. The van der Waals surface area contributed by atoms with Crippen LogP contribution in [-0.4, -0.2) is 51.8 Å². The van der Waals surface area contributed by atoms with Gasteiger partial charge in [0.25, 0.3) is 0 Å². The molecule has 0 spiro atoms. The van der Waals surface area contributed by atoms with Gasteiger partial charge < -0.3 is 10.2 Å². The van der Waals surface area contributed by atoms with E-state index in [0.29, 0.717) is 0 Å². The standard InChI is InChI=1S/C5H7NO3.Na/c6-2-1-4(7)3-5(8)9;/h4,7H,1,3H2,(H,8,9);/t4-;/m1./s1. The number of nitriles is 1. The normalized spacial score (nSPS) is 10.8. The van der Waals surface area contributed by atoms with Gasteiger partial charge in [-0.1, -0.05) is 0 Å². The third-order valence-electron chi connectivity index (χ3n) is 0.737. The smallest absolute Gasteiger partial charge is 0.306 e.